The number of benzene rings is 1. The third-order valence-electron chi connectivity index (χ3n) is 3.80. The first-order valence-electron chi connectivity index (χ1n) is 6.97. The van der Waals surface area contributed by atoms with Crippen molar-refractivity contribution in [1.29, 1.82) is 0 Å². The van der Waals surface area contributed by atoms with Gasteiger partial charge in [-0.1, -0.05) is 24.3 Å². The first kappa shape index (κ1) is 14.6. The van der Waals surface area contributed by atoms with E-state index in [4.69, 9.17) is 9.47 Å². The molecule has 1 aliphatic rings. The zero-order chi connectivity index (χ0) is 14.8. The van der Waals surface area contributed by atoms with Crippen molar-refractivity contribution in [3.8, 4) is 0 Å². The van der Waals surface area contributed by atoms with Gasteiger partial charge in [-0.2, -0.15) is 0 Å². The Kier molecular flexibility index (Phi) is 4.12. The molecule has 2 rings (SSSR count). The lowest BCUT2D eigenvalue weighted by molar-refractivity contribution is -0.164. The zero-order valence-corrected chi connectivity index (χ0v) is 12.1. The van der Waals surface area contributed by atoms with Crippen LogP contribution in [0.25, 0.3) is 0 Å². The van der Waals surface area contributed by atoms with Crippen molar-refractivity contribution in [3.63, 3.8) is 0 Å². The number of carbonyl (C=O) groups excluding carboxylic acids is 2. The molecule has 0 N–H and O–H groups in total. The van der Waals surface area contributed by atoms with E-state index in [9.17, 15) is 9.59 Å². The second-order valence-corrected chi connectivity index (χ2v) is 5.03. The molecule has 1 atom stereocenters. The smallest absolute Gasteiger partial charge is 0.324 e. The summed E-state index contributed by atoms with van der Waals surface area (Å²) in [5.41, 5.74) is 0.958. The molecule has 4 heteroatoms. The fourth-order valence-corrected chi connectivity index (χ4v) is 2.67. The largest absolute Gasteiger partial charge is 0.465 e. The van der Waals surface area contributed by atoms with Crippen molar-refractivity contribution >= 4 is 11.9 Å². The van der Waals surface area contributed by atoms with Crippen molar-refractivity contribution in [1.82, 2.24) is 0 Å². The third-order valence-corrected chi connectivity index (χ3v) is 3.80. The van der Waals surface area contributed by atoms with E-state index < -0.39 is 17.4 Å². The molecule has 108 valence electrons. The van der Waals surface area contributed by atoms with Crippen LogP contribution < -0.4 is 0 Å². The highest BCUT2D eigenvalue weighted by Crippen LogP contribution is 2.61. The van der Waals surface area contributed by atoms with Crippen LogP contribution in [0.15, 0.2) is 24.3 Å². The van der Waals surface area contributed by atoms with Gasteiger partial charge in [0.25, 0.3) is 0 Å². The molecular weight excluding hydrogens is 256 g/mol. The van der Waals surface area contributed by atoms with Crippen LogP contribution in [-0.2, 0) is 19.1 Å². The number of aryl methyl sites for hydroxylation is 1. The molecule has 0 spiro atoms. The molecule has 0 aliphatic heterocycles. The molecule has 0 saturated heterocycles. The monoisotopic (exact) mass is 276 g/mol. The number of esters is 2. The average molecular weight is 276 g/mol. The van der Waals surface area contributed by atoms with Gasteiger partial charge in [-0.25, -0.2) is 0 Å². The maximum absolute atomic E-state index is 12.2. The Bertz CT molecular complexity index is 503. The highest BCUT2D eigenvalue weighted by atomic mass is 16.6. The lowest BCUT2D eigenvalue weighted by Gasteiger charge is -2.15. The molecule has 0 heterocycles. The van der Waals surface area contributed by atoms with Gasteiger partial charge >= 0.3 is 11.9 Å². The van der Waals surface area contributed by atoms with Crippen LogP contribution in [0.4, 0.5) is 0 Å². The van der Waals surface area contributed by atoms with Crippen LogP contribution in [0, 0.1) is 12.3 Å². The zero-order valence-electron chi connectivity index (χ0n) is 12.1. The highest BCUT2D eigenvalue weighted by molar-refractivity contribution is 6.05. The molecule has 0 radical (unpaired) electrons. The molecule has 0 aromatic heterocycles. The maximum Gasteiger partial charge on any atom is 0.324 e. The predicted octanol–water partition coefficient (Wildman–Crippen LogP) is 2.59. The third kappa shape index (κ3) is 2.30. The number of ether oxygens (including phenoxy) is 2. The molecule has 1 saturated carbocycles. The summed E-state index contributed by atoms with van der Waals surface area (Å²) in [7, 11) is 0. The molecule has 1 fully saturated rings. The van der Waals surface area contributed by atoms with E-state index in [-0.39, 0.29) is 19.1 Å². The van der Waals surface area contributed by atoms with E-state index in [1.54, 1.807) is 13.8 Å². The van der Waals surface area contributed by atoms with E-state index >= 15 is 0 Å². The average Bonchev–Trinajstić information content (AvgIpc) is 3.16. The van der Waals surface area contributed by atoms with Gasteiger partial charge in [-0.15, -0.1) is 0 Å². The fraction of sp³-hybridized carbons (Fsp3) is 0.500. The van der Waals surface area contributed by atoms with Crippen molar-refractivity contribution in [2.24, 2.45) is 5.41 Å². The van der Waals surface area contributed by atoms with Gasteiger partial charge in [-0.3, -0.25) is 9.59 Å². The summed E-state index contributed by atoms with van der Waals surface area (Å²) in [6.07, 6.45) is 0.468. The second kappa shape index (κ2) is 5.65. The summed E-state index contributed by atoms with van der Waals surface area (Å²) in [4.78, 5) is 24.4. The minimum absolute atomic E-state index is 0.137. The molecule has 1 aromatic carbocycles. The fourth-order valence-electron chi connectivity index (χ4n) is 2.67. The van der Waals surface area contributed by atoms with Crippen LogP contribution in [-0.4, -0.2) is 25.2 Å². The van der Waals surface area contributed by atoms with E-state index in [0.29, 0.717) is 6.42 Å². The van der Waals surface area contributed by atoms with Gasteiger partial charge in [0.1, 0.15) is 0 Å². The standard InChI is InChI=1S/C16H20O4/c1-4-19-14(17)16(15(18)20-5-2)10-13(16)12-9-7-6-8-11(12)3/h6-9,13H,4-5,10H2,1-3H3. The highest BCUT2D eigenvalue weighted by Gasteiger charge is 2.68. The molecule has 20 heavy (non-hydrogen) atoms. The Morgan fingerprint density at radius 2 is 1.70 bits per heavy atom. The SMILES string of the molecule is CCOC(=O)C1(C(=O)OCC)CC1c1ccccc1C. The van der Waals surface area contributed by atoms with Gasteiger partial charge in [0.2, 0.25) is 0 Å². The molecule has 0 amide bonds. The van der Waals surface area contributed by atoms with Crippen molar-refractivity contribution in [2.75, 3.05) is 13.2 Å². The van der Waals surface area contributed by atoms with Gasteiger partial charge in [-0.05, 0) is 38.3 Å². The first-order chi connectivity index (χ1) is 9.57. The Morgan fingerprint density at radius 1 is 1.15 bits per heavy atom. The molecule has 1 aliphatic carbocycles. The summed E-state index contributed by atoms with van der Waals surface area (Å²) in [6.45, 7) is 5.99. The van der Waals surface area contributed by atoms with E-state index in [0.717, 1.165) is 11.1 Å². The van der Waals surface area contributed by atoms with E-state index in [1.807, 2.05) is 31.2 Å². The second-order valence-electron chi connectivity index (χ2n) is 5.03. The lowest BCUT2D eigenvalue weighted by Crippen LogP contribution is -2.31. The van der Waals surface area contributed by atoms with E-state index in [1.165, 1.54) is 0 Å². The number of carbonyl (C=O) groups is 2. The number of rotatable bonds is 5. The predicted molar refractivity (Wildman–Crippen MR) is 74.2 cm³/mol. The normalized spacial score (nSPS) is 19.2. The first-order valence-corrected chi connectivity index (χ1v) is 6.97. The molecule has 0 bridgehead atoms. The van der Waals surface area contributed by atoms with Gasteiger partial charge < -0.3 is 9.47 Å². The quantitative estimate of drug-likeness (QED) is 0.612. The lowest BCUT2D eigenvalue weighted by atomic mass is 9.96. The minimum atomic E-state index is -1.14. The van der Waals surface area contributed by atoms with Gasteiger partial charge in [0, 0.05) is 5.92 Å². The molecule has 4 nitrogen and oxygen atoms in total. The van der Waals surface area contributed by atoms with Crippen molar-refractivity contribution in [3.05, 3.63) is 35.4 Å². The van der Waals surface area contributed by atoms with Crippen LogP contribution >= 0.6 is 0 Å². The summed E-state index contributed by atoms with van der Waals surface area (Å²) < 4.78 is 10.2. The van der Waals surface area contributed by atoms with Gasteiger partial charge in [0.15, 0.2) is 5.41 Å². The topological polar surface area (TPSA) is 52.6 Å². The Morgan fingerprint density at radius 3 is 2.20 bits per heavy atom. The molecular formula is C16H20O4. The van der Waals surface area contributed by atoms with Crippen molar-refractivity contribution in [2.45, 2.75) is 33.1 Å². The summed E-state index contributed by atoms with van der Waals surface area (Å²) >= 11 is 0. The molecule has 1 unspecified atom stereocenters. The van der Waals surface area contributed by atoms with Crippen molar-refractivity contribution < 1.29 is 19.1 Å². The maximum atomic E-state index is 12.2. The van der Waals surface area contributed by atoms with Gasteiger partial charge in [0.05, 0.1) is 13.2 Å². The Labute approximate surface area is 119 Å². The van der Waals surface area contributed by atoms with Crippen LogP contribution in [0.3, 0.4) is 0 Å². The summed E-state index contributed by atoms with van der Waals surface area (Å²) in [6, 6.07) is 7.80. The minimum Gasteiger partial charge on any atom is -0.465 e. The van der Waals surface area contributed by atoms with Crippen LogP contribution in [0.1, 0.15) is 37.3 Å². The van der Waals surface area contributed by atoms with E-state index in [2.05, 4.69) is 0 Å². The van der Waals surface area contributed by atoms with Crippen LogP contribution in [0.2, 0.25) is 0 Å². The summed E-state index contributed by atoms with van der Waals surface area (Å²) in [5.74, 6) is -1.07. The Hall–Kier alpha value is -1.84. The number of hydrogen-bond acceptors (Lipinski definition) is 4. The van der Waals surface area contributed by atoms with Crippen LogP contribution in [0.5, 0.6) is 0 Å². The Balaban J connectivity index is 2.31. The molecule has 1 aromatic rings. The summed E-state index contributed by atoms with van der Waals surface area (Å²) in [5, 5.41) is 0. The number of hydrogen-bond donors (Lipinski definition) is 0.